The van der Waals surface area contributed by atoms with Crippen molar-refractivity contribution in [2.75, 3.05) is 26.7 Å². The molecule has 0 aliphatic carbocycles. The van der Waals surface area contributed by atoms with Crippen LogP contribution in [0.5, 0.6) is 0 Å². The summed E-state index contributed by atoms with van der Waals surface area (Å²) in [4.78, 5) is 23.5. The van der Waals surface area contributed by atoms with Crippen LogP contribution in [-0.4, -0.2) is 38.6 Å². The van der Waals surface area contributed by atoms with Gasteiger partial charge in [0.2, 0.25) is 5.91 Å². The smallest absolute Gasteiger partial charge is 0.305 e. The summed E-state index contributed by atoms with van der Waals surface area (Å²) >= 11 is 0. The van der Waals surface area contributed by atoms with E-state index in [-0.39, 0.29) is 23.7 Å². The maximum atomic E-state index is 12.1. The van der Waals surface area contributed by atoms with Crippen molar-refractivity contribution >= 4 is 11.9 Å². The second-order valence-electron chi connectivity index (χ2n) is 6.26. The normalized spacial score (nSPS) is 23.6. The highest BCUT2D eigenvalue weighted by Gasteiger charge is 2.29. The van der Waals surface area contributed by atoms with Gasteiger partial charge in [-0.05, 0) is 30.7 Å². The molecule has 1 aliphatic heterocycles. The fraction of sp³-hybridized carbons (Fsp3) is 0.867. The fourth-order valence-electron chi connectivity index (χ4n) is 2.76. The maximum absolute atomic E-state index is 12.1. The monoisotopic (exact) mass is 284 g/mol. The molecule has 1 heterocycles. The van der Waals surface area contributed by atoms with Crippen molar-refractivity contribution < 1.29 is 14.3 Å². The molecule has 2 N–H and O–H groups in total. The van der Waals surface area contributed by atoms with Crippen molar-refractivity contribution in [3.63, 3.8) is 0 Å². The molecule has 0 saturated carbocycles. The lowest BCUT2D eigenvalue weighted by Crippen LogP contribution is -2.38. The van der Waals surface area contributed by atoms with Crippen LogP contribution in [0.4, 0.5) is 0 Å². The molecule has 3 atom stereocenters. The minimum Gasteiger partial charge on any atom is -0.469 e. The highest BCUT2D eigenvalue weighted by molar-refractivity contribution is 5.79. The zero-order valence-electron chi connectivity index (χ0n) is 13.1. The molecule has 0 spiro atoms. The molecular formula is C15H28N2O3. The van der Waals surface area contributed by atoms with E-state index in [0.29, 0.717) is 24.8 Å². The number of amides is 1. The molecule has 0 unspecified atom stereocenters. The molecule has 1 rings (SSSR count). The third kappa shape index (κ3) is 5.49. The number of rotatable bonds is 7. The van der Waals surface area contributed by atoms with E-state index in [1.54, 1.807) is 0 Å². The van der Waals surface area contributed by atoms with Gasteiger partial charge in [0.25, 0.3) is 0 Å². The lowest BCUT2D eigenvalue weighted by molar-refractivity contribution is -0.142. The van der Waals surface area contributed by atoms with Gasteiger partial charge >= 0.3 is 5.97 Å². The van der Waals surface area contributed by atoms with Crippen molar-refractivity contribution in [2.24, 2.45) is 23.7 Å². The van der Waals surface area contributed by atoms with Crippen LogP contribution in [0.25, 0.3) is 0 Å². The van der Waals surface area contributed by atoms with E-state index in [4.69, 9.17) is 4.74 Å². The van der Waals surface area contributed by atoms with Gasteiger partial charge in [0.15, 0.2) is 0 Å². The lowest BCUT2D eigenvalue weighted by Gasteiger charge is -2.20. The number of hydrogen-bond donors (Lipinski definition) is 2. The van der Waals surface area contributed by atoms with Crippen LogP contribution >= 0.6 is 0 Å². The van der Waals surface area contributed by atoms with Gasteiger partial charge in [-0.25, -0.2) is 0 Å². The molecule has 5 heteroatoms. The highest BCUT2D eigenvalue weighted by Crippen LogP contribution is 2.18. The first-order chi connectivity index (χ1) is 9.43. The second kappa shape index (κ2) is 8.25. The third-order valence-electron chi connectivity index (χ3n) is 3.91. The molecule has 20 heavy (non-hydrogen) atoms. The predicted molar refractivity (Wildman–Crippen MR) is 78.1 cm³/mol. The Morgan fingerprint density at radius 2 is 2.05 bits per heavy atom. The summed E-state index contributed by atoms with van der Waals surface area (Å²) in [5, 5.41) is 6.23. The van der Waals surface area contributed by atoms with E-state index in [9.17, 15) is 9.59 Å². The molecule has 1 aliphatic rings. The standard InChI is InChI=1S/C15H28N2O3/c1-10(2)5-12(6-14(18)20-4)8-17-15(19)13-9-16-7-11(13)3/h10-13,16H,5-9H2,1-4H3,(H,17,19)/t11-,12+,13-/m1/s1. The Morgan fingerprint density at radius 3 is 2.55 bits per heavy atom. The molecular weight excluding hydrogens is 256 g/mol. The first kappa shape index (κ1) is 17.0. The van der Waals surface area contributed by atoms with Gasteiger partial charge in [0.1, 0.15) is 0 Å². The molecule has 1 amide bonds. The first-order valence-electron chi connectivity index (χ1n) is 7.49. The lowest BCUT2D eigenvalue weighted by atomic mass is 9.93. The minimum atomic E-state index is -0.208. The summed E-state index contributed by atoms with van der Waals surface area (Å²) in [6, 6.07) is 0. The van der Waals surface area contributed by atoms with Crippen LogP contribution in [0.1, 0.15) is 33.6 Å². The van der Waals surface area contributed by atoms with Crippen molar-refractivity contribution in [1.82, 2.24) is 10.6 Å². The van der Waals surface area contributed by atoms with Gasteiger partial charge in [-0.2, -0.15) is 0 Å². The number of carbonyl (C=O) groups excluding carboxylic acids is 2. The Kier molecular flexibility index (Phi) is 6.99. The van der Waals surface area contributed by atoms with Crippen molar-refractivity contribution in [2.45, 2.75) is 33.6 Å². The summed E-state index contributed by atoms with van der Waals surface area (Å²) in [5.74, 6) is 0.957. The second-order valence-corrected chi connectivity index (χ2v) is 6.26. The van der Waals surface area contributed by atoms with Crippen LogP contribution in [0, 0.1) is 23.7 Å². The SMILES string of the molecule is COC(=O)C[C@@H](CNC(=O)[C@@H]1CNC[C@H]1C)CC(C)C. The average molecular weight is 284 g/mol. The molecule has 1 fully saturated rings. The number of methoxy groups -OCH3 is 1. The molecule has 0 radical (unpaired) electrons. The third-order valence-corrected chi connectivity index (χ3v) is 3.91. The Balaban J connectivity index is 2.44. The van der Waals surface area contributed by atoms with E-state index >= 15 is 0 Å². The minimum absolute atomic E-state index is 0.0489. The topological polar surface area (TPSA) is 67.4 Å². The highest BCUT2D eigenvalue weighted by atomic mass is 16.5. The zero-order valence-corrected chi connectivity index (χ0v) is 13.1. The number of carbonyl (C=O) groups is 2. The van der Waals surface area contributed by atoms with E-state index in [2.05, 4.69) is 31.4 Å². The number of nitrogens with one attached hydrogen (secondary N) is 2. The number of hydrogen-bond acceptors (Lipinski definition) is 4. The van der Waals surface area contributed by atoms with Gasteiger partial charge in [0.05, 0.1) is 13.0 Å². The molecule has 0 aromatic rings. The Hall–Kier alpha value is -1.10. The first-order valence-corrected chi connectivity index (χ1v) is 7.49. The summed E-state index contributed by atoms with van der Waals surface area (Å²) in [7, 11) is 1.40. The van der Waals surface area contributed by atoms with E-state index < -0.39 is 0 Å². The van der Waals surface area contributed by atoms with Gasteiger partial charge in [-0.3, -0.25) is 9.59 Å². The maximum Gasteiger partial charge on any atom is 0.305 e. The van der Waals surface area contributed by atoms with Crippen LogP contribution in [0.15, 0.2) is 0 Å². The summed E-state index contributed by atoms with van der Waals surface area (Å²) in [6.45, 7) is 8.53. The fourth-order valence-corrected chi connectivity index (χ4v) is 2.76. The van der Waals surface area contributed by atoms with E-state index in [1.807, 2.05) is 0 Å². The van der Waals surface area contributed by atoms with Gasteiger partial charge in [-0.15, -0.1) is 0 Å². The van der Waals surface area contributed by atoms with Crippen molar-refractivity contribution in [3.05, 3.63) is 0 Å². The summed E-state index contributed by atoms with van der Waals surface area (Å²) in [5.41, 5.74) is 0. The average Bonchev–Trinajstić information content (AvgIpc) is 2.81. The number of esters is 1. The van der Waals surface area contributed by atoms with Gasteiger partial charge in [-0.1, -0.05) is 20.8 Å². The number of ether oxygens (including phenoxy) is 1. The summed E-state index contributed by atoms with van der Waals surface area (Å²) < 4.78 is 4.72. The molecule has 1 saturated heterocycles. The van der Waals surface area contributed by atoms with Crippen LogP contribution in [-0.2, 0) is 14.3 Å². The van der Waals surface area contributed by atoms with Crippen LogP contribution in [0.3, 0.4) is 0 Å². The van der Waals surface area contributed by atoms with Crippen LogP contribution < -0.4 is 10.6 Å². The Labute approximate surface area is 121 Å². The molecule has 0 aromatic carbocycles. The van der Waals surface area contributed by atoms with E-state index in [0.717, 1.165) is 19.5 Å². The quantitative estimate of drug-likeness (QED) is 0.689. The molecule has 5 nitrogen and oxygen atoms in total. The van der Waals surface area contributed by atoms with E-state index in [1.165, 1.54) is 7.11 Å². The molecule has 0 aromatic heterocycles. The van der Waals surface area contributed by atoms with Gasteiger partial charge in [0, 0.05) is 19.5 Å². The molecule has 0 bridgehead atoms. The predicted octanol–water partition coefficient (Wildman–Crippen LogP) is 1.18. The Bertz CT molecular complexity index is 331. The van der Waals surface area contributed by atoms with Crippen LogP contribution in [0.2, 0.25) is 0 Å². The summed E-state index contributed by atoms with van der Waals surface area (Å²) in [6.07, 6.45) is 1.28. The van der Waals surface area contributed by atoms with Gasteiger partial charge < -0.3 is 15.4 Å². The Morgan fingerprint density at radius 1 is 1.35 bits per heavy atom. The molecule has 116 valence electrons. The van der Waals surface area contributed by atoms with Crippen molar-refractivity contribution in [3.8, 4) is 0 Å². The van der Waals surface area contributed by atoms with Crippen molar-refractivity contribution in [1.29, 1.82) is 0 Å². The zero-order chi connectivity index (χ0) is 15.1. The largest absolute Gasteiger partial charge is 0.469 e.